The molecule has 0 amide bonds. The lowest BCUT2D eigenvalue weighted by Crippen LogP contribution is -2.33. The number of hydrogen-bond acceptors (Lipinski definition) is 2. The lowest BCUT2D eigenvalue weighted by atomic mass is 10.0. The molecule has 1 fully saturated rings. The van der Waals surface area contributed by atoms with Crippen molar-refractivity contribution in [3.8, 4) is 0 Å². The molecule has 84 valence electrons. The van der Waals surface area contributed by atoms with Crippen molar-refractivity contribution >= 4 is 0 Å². The van der Waals surface area contributed by atoms with Crippen LogP contribution in [0.2, 0.25) is 0 Å². The summed E-state index contributed by atoms with van der Waals surface area (Å²) in [5, 5.41) is 10.8. The van der Waals surface area contributed by atoms with Crippen LogP contribution >= 0.6 is 0 Å². The van der Waals surface area contributed by atoms with Gasteiger partial charge < -0.3 is 5.32 Å². The van der Waals surface area contributed by atoms with Crippen LogP contribution in [0.4, 0.5) is 0 Å². The van der Waals surface area contributed by atoms with E-state index in [2.05, 4.69) is 36.3 Å². The predicted molar refractivity (Wildman–Crippen MR) is 61.7 cm³/mol. The van der Waals surface area contributed by atoms with E-state index < -0.39 is 0 Å². The van der Waals surface area contributed by atoms with Gasteiger partial charge in [0.1, 0.15) is 0 Å². The van der Waals surface area contributed by atoms with E-state index in [1.54, 1.807) is 0 Å². The predicted octanol–water partition coefficient (Wildman–Crippen LogP) is 2.56. The number of aromatic amines is 1. The molecule has 0 spiro atoms. The number of nitrogens with one attached hydrogen (secondary N) is 2. The smallest absolute Gasteiger partial charge is 0.0537 e. The van der Waals surface area contributed by atoms with Gasteiger partial charge in [-0.15, -0.1) is 0 Å². The summed E-state index contributed by atoms with van der Waals surface area (Å²) in [6, 6.07) is 1.10. The highest BCUT2D eigenvalue weighted by Crippen LogP contribution is 2.27. The van der Waals surface area contributed by atoms with Crippen LogP contribution in [0.1, 0.15) is 50.4 Å². The Balaban J connectivity index is 1.97. The molecule has 1 aliphatic rings. The minimum absolute atomic E-state index is 0.411. The normalized spacial score (nSPS) is 28.2. The van der Waals surface area contributed by atoms with Gasteiger partial charge in [-0.05, 0) is 32.6 Å². The van der Waals surface area contributed by atoms with Gasteiger partial charge >= 0.3 is 0 Å². The Morgan fingerprint density at radius 3 is 2.87 bits per heavy atom. The van der Waals surface area contributed by atoms with Crippen LogP contribution in [0.5, 0.6) is 0 Å². The van der Waals surface area contributed by atoms with Crippen molar-refractivity contribution in [2.45, 2.75) is 52.1 Å². The highest BCUT2D eigenvalue weighted by atomic mass is 15.1. The zero-order chi connectivity index (χ0) is 10.8. The molecular formula is C12H21N3. The first-order chi connectivity index (χ1) is 7.18. The molecule has 0 radical (unpaired) electrons. The molecule has 0 bridgehead atoms. The molecule has 1 heterocycles. The molecule has 3 nitrogen and oxygen atoms in total. The summed E-state index contributed by atoms with van der Waals surface area (Å²) < 4.78 is 0. The van der Waals surface area contributed by atoms with Gasteiger partial charge in [-0.3, -0.25) is 5.10 Å². The molecule has 1 saturated carbocycles. The van der Waals surface area contributed by atoms with Gasteiger partial charge in [-0.2, -0.15) is 5.10 Å². The first kappa shape index (κ1) is 10.7. The van der Waals surface area contributed by atoms with Gasteiger partial charge in [0.15, 0.2) is 0 Å². The third kappa shape index (κ3) is 2.23. The summed E-state index contributed by atoms with van der Waals surface area (Å²) in [6.07, 6.45) is 6.00. The maximum atomic E-state index is 4.07. The molecule has 3 unspecified atom stereocenters. The van der Waals surface area contributed by atoms with E-state index in [9.17, 15) is 0 Å². The van der Waals surface area contributed by atoms with E-state index in [0.29, 0.717) is 12.1 Å². The number of aromatic nitrogens is 2. The molecule has 0 aliphatic heterocycles. The Hall–Kier alpha value is -0.830. The van der Waals surface area contributed by atoms with Gasteiger partial charge in [0.2, 0.25) is 0 Å². The summed E-state index contributed by atoms with van der Waals surface area (Å²) >= 11 is 0. The fourth-order valence-electron chi connectivity index (χ4n) is 2.60. The Kier molecular flexibility index (Phi) is 3.10. The van der Waals surface area contributed by atoms with Crippen molar-refractivity contribution in [1.29, 1.82) is 0 Å². The van der Waals surface area contributed by atoms with Gasteiger partial charge in [-0.25, -0.2) is 0 Å². The SMILES string of the molecule is Cc1[nH]ncc1C(C)NC1CCCC1C. The fraction of sp³-hybridized carbons (Fsp3) is 0.750. The van der Waals surface area contributed by atoms with Crippen LogP contribution in [0, 0.1) is 12.8 Å². The zero-order valence-corrected chi connectivity index (χ0v) is 9.88. The van der Waals surface area contributed by atoms with Crippen molar-refractivity contribution in [3.63, 3.8) is 0 Å². The maximum absolute atomic E-state index is 4.07. The molecule has 2 rings (SSSR count). The summed E-state index contributed by atoms with van der Waals surface area (Å²) in [6.45, 7) is 6.65. The van der Waals surface area contributed by atoms with Crippen molar-refractivity contribution in [3.05, 3.63) is 17.5 Å². The maximum Gasteiger partial charge on any atom is 0.0537 e. The largest absolute Gasteiger partial charge is 0.307 e. The average Bonchev–Trinajstić information content (AvgIpc) is 2.76. The Labute approximate surface area is 91.7 Å². The van der Waals surface area contributed by atoms with Crippen LogP contribution in [0.3, 0.4) is 0 Å². The minimum Gasteiger partial charge on any atom is -0.307 e. The van der Waals surface area contributed by atoms with Crippen LogP contribution in [-0.4, -0.2) is 16.2 Å². The topological polar surface area (TPSA) is 40.7 Å². The second-order valence-corrected chi connectivity index (χ2v) is 4.85. The quantitative estimate of drug-likeness (QED) is 0.799. The fourth-order valence-corrected chi connectivity index (χ4v) is 2.60. The van der Waals surface area contributed by atoms with Crippen LogP contribution in [-0.2, 0) is 0 Å². The van der Waals surface area contributed by atoms with E-state index in [1.807, 2.05) is 6.20 Å². The first-order valence-corrected chi connectivity index (χ1v) is 5.94. The molecule has 3 atom stereocenters. The highest BCUT2D eigenvalue weighted by Gasteiger charge is 2.25. The lowest BCUT2D eigenvalue weighted by molar-refractivity contribution is 0.388. The Bertz CT molecular complexity index is 318. The molecule has 2 N–H and O–H groups in total. The number of hydrogen-bond donors (Lipinski definition) is 2. The minimum atomic E-state index is 0.411. The van der Waals surface area contributed by atoms with E-state index in [4.69, 9.17) is 0 Å². The van der Waals surface area contributed by atoms with Crippen molar-refractivity contribution in [1.82, 2.24) is 15.5 Å². The molecule has 0 aromatic carbocycles. The number of rotatable bonds is 3. The van der Waals surface area contributed by atoms with Crippen molar-refractivity contribution in [2.75, 3.05) is 0 Å². The second-order valence-electron chi connectivity index (χ2n) is 4.85. The van der Waals surface area contributed by atoms with Crippen LogP contribution in [0.25, 0.3) is 0 Å². The first-order valence-electron chi connectivity index (χ1n) is 5.94. The zero-order valence-electron chi connectivity index (χ0n) is 9.88. The second kappa shape index (κ2) is 4.35. The number of nitrogens with zero attached hydrogens (tertiary/aromatic N) is 1. The summed E-state index contributed by atoms with van der Waals surface area (Å²) in [5.74, 6) is 0.819. The summed E-state index contributed by atoms with van der Waals surface area (Å²) in [4.78, 5) is 0. The molecule has 1 aromatic rings. The van der Waals surface area contributed by atoms with Crippen molar-refractivity contribution in [2.24, 2.45) is 5.92 Å². The van der Waals surface area contributed by atoms with Gasteiger partial charge in [0, 0.05) is 23.3 Å². The molecule has 1 aromatic heterocycles. The number of aryl methyl sites for hydroxylation is 1. The number of H-pyrrole nitrogens is 1. The Morgan fingerprint density at radius 2 is 2.33 bits per heavy atom. The Morgan fingerprint density at radius 1 is 1.53 bits per heavy atom. The van der Waals surface area contributed by atoms with Crippen molar-refractivity contribution < 1.29 is 0 Å². The van der Waals surface area contributed by atoms with E-state index in [0.717, 1.165) is 5.92 Å². The molecule has 15 heavy (non-hydrogen) atoms. The van der Waals surface area contributed by atoms with Crippen LogP contribution < -0.4 is 5.32 Å². The van der Waals surface area contributed by atoms with Crippen LogP contribution in [0.15, 0.2) is 6.20 Å². The molecule has 3 heteroatoms. The van der Waals surface area contributed by atoms with Gasteiger partial charge in [0.25, 0.3) is 0 Å². The molecular weight excluding hydrogens is 186 g/mol. The monoisotopic (exact) mass is 207 g/mol. The van der Waals surface area contributed by atoms with E-state index in [-0.39, 0.29) is 0 Å². The van der Waals surface area contributed by atoms with Gasteiger partial charge in [0.05, 0.1) is 6.20 Å². The standard InChI is InChI=1S/C12H21N3/c1-8-5-4-6-12(8)14-9(2)11-7-13-15-10(11)3/h7-9,12,14H,4-6H2,1-3H3,(H,13,15). The molecule has 0 saturated heterocycles. The third-order valence-electron chi connectivity index (χ3n) is 3.66. The summed E-state index contributed by atoms with van der Waals surface area (Å²) in [7, 11) is 0. The highest BCUT2D eigenvalue weighted by molar-refractivity contribution is 5.18. The average molecular weight is 207 g/mol. The van der Waals surface area contributed by atoms with E-state index >= 15 is 0 Å². The lowest BCUT2D eigenvalue weighted by Gasteiger charge is -2.22. The third-order valence-corrected chi connectivity index (χ3v) is 3.66. The summed E-state index contributed by atoms with van der Waals surface area (Å²) in [5.41, 5.74) is 2.48. The molecule has 1 aliphatic carbocycles. The van der Waals surface area contributed by atoms with Gasteiger partial charge in [-0.1, -0.05) is 13.3 Å². The van der Waals surface area contributed by atoms with E-state index in [1.165, 1.54) is 30.5 Å².